The van der Waals surface area contributed by atoms with Crippen molar-refractivity contribution in [1.29, 1.82) is 0 Å². The highest BCUT2D eigenvalue weighted by Crippen LogP contribution is 2.24. The molecule has 1 N–H and O–H groups in total. The largest absolute Gasteiger partial charge is 0.384 e. The standard InChI is InChI=1S/C15H21NO/c1-3-4-11(2)9-15(17)13-6-5-12-7-8-16-14(12)10-13/h5-6,10-11,16H,3-4,7-9H2,1-2H3. The monoisotopic (exact) mass is 231 g/mol. The quantitative estimate of drug-likeness (QED) is 0.783. The van der Waals surface area contributed by atoms with Gasteiger partial charge in [0.25, 0.3) is 0 Å². The lowest BCUT2D eigenvalue weighted by atomic mass is 9.95. The van der Waals surface area contributed by atoms with E-state index in [1.54, 1.807) is 0 Å². The molecule has 2 nitrogen and oxygen atoms in total. The molecule has 1 unspecified atom stereocenters. The lowest BCUT2D eigenvalue weighted by molar-refractivity contribution is 0.0962. The molecule has 0 spiro atoms. The number of fused-ring (bicyclic) bond motifs is 1. The molecule has 1 aromatic carbocycles. The summed E-state index contributed by atoms with van der Waals surface area (Å²) < 4.78 is 0. The van der Waals surface area contributed by atoms with Crippen molar-refractivity contribution in [3.05, 3.63) is 29.3 Å². The summed E-state index contributed by atoms with van der Waals surface area (Å²) >= 11 is 0. The summed E-state index contributed by atoms with van der Waals surface area (Å²) in [5.41, 5.74) is 3.35. The Morgan fingerprint density at radius 2 is 2.29 bits per heavy atom. The number of Topliss-reactive ketones (excluding diaryl/α,β-unsaturated/α-hetero) is 1. The van der Waals surface area contributed by atoms with Crippen molar-refractivity contribution in [3.8, 4) is 0 Å². The summed E-state index contributed by atoms with van der Waals surface area (Å²) in [7, 11) is 0. The number of carbonyl (C=O) groups excluding carboxylic acids is 1. The van der Waals surface area contributed by atoms with Crippen molar-refractivity contribution in [2.45, 2.75) is 39.5 Å². The second kappa shape index (κ2) is 5.35. The van der Waals surface area contributed by atoms with Crippen molar-refractivity contribution in [1.82, 2.24) is 0 Å². The molecule has 1 aliphatic heterocycles. The van der Waals surface area contributed by atoms with Crippen molar-refractivity contribution in [2.24, 2.45) is 5.92 Å². The summed E-state index contributed by atoms with van der Waals surface area (Å²) in [5, 5.41) is 3.32. The lowest BCUT2D eigenvalue weighted by Crippen LogP contribution is -2.06. The normalized spacial score (nSPS) is 15.2. The number of rotatable bonds is 5. The average Bonchev–Trinajstić information content (AvgIpc) is 2.75. The van der Waals surface area contributed by atoms with E-state index in [0.29, 0.717) is 12.3 Å². The molecular formula is C15H21NO. The second-order valence-corrected chi connectivity index (χ2v) is 5.07. The van der Waals surface area contributed by atoms with E-state index in [1.807, 2.05) is 12.1 Å². The number of carbonyl (C=O) groups is 1. The van der Waals surface area contributed by atoms with Gasteiger partial charge in [0, 0.05) is 24.2 Å². The highest BCUT2D eigenvalue weighted by Gasteiger charge is 2.15. The molecule has 0 aromatic heterocycles. The Labute approximate surface area is 103 Å². The third-order valence-electron chi connectivity index (χ3n) is 3.46. The van der Waals surface area contributed by atoms with Crippen LogP contribution in [0.4, 0.5) is 5.69 Å². The van der Waals surface area contributed by atoms with E-state index in [0.717, 1.165) is 37.1 Å². The third-order valence-corrected chi connectivity index (χ3v) is 3.46. The van der Waals surface area contributed by atoms with E-state index < -0.39 is 0 Å². The fraction of sp³-hybridized carbons (Fsp3) is 0.533. The first kappa shape index (κ1) is 12.2. The molecule has 1 heterocycles. The Hall–Kier alpha value is -1.31. The Kier molecular flexibility index (Phi) is 3.82. The molecule has 0 fully saturated rings. The number of anilines is 1. The molecule has 17 heavy (non-hydrogen) atoms. The van der Waals surface area contributed by atoms with Crippen molar-refractivity contribution < 1.29 is 4.79 Å². The first-order chi connectivity index (χ1) is 8.20. The van der Waals surface area contributed by atoms with Crippen LogP contribution in [0.5, 0.6) is 0 Å². The predicted octanol–water partition coefficient (Wildman–Crippen LogP) is 3.66. The molecule has 0 bridgehead atoms. The topological polar surface area (TPSA) is 29.1 Å². The zero-order chi connectivity index (χ0) is 12.3. The maximum absolute atomic E-state index is 12.1. The number of nitrogens with one attached hydrogen (secondary N) is 1. The molecule has 0 amide bonds. The fourth-order valence-electron chi connectivity index (χ4n) is 2.49. The van der Waals surface area contributed by atoms with Gasteiger partial charge in [-0.25, -0.2) is 0 Å². The minimum atomic E-state index is 0.280. The molecule has 92 valence electrons. The molecule has 0 aliphatic carbocycles. The van der Waals surface area contributed by atoms with Gasteiger partial charge in [-0.3, -0.25) is 4.79 Å². The smallest absolute Gasteiger partial charge is 0.163 e. The molecule has 1 aliphatic rings. The van der Waals surface area contributed by atoms with E-state index in [9.17, 15) is 4.79 Å². The first-order valence-electron chi connectivity index (χ1n) is 6.60. The van der Waals surface area contributed by atoms with Crippen LogP contribution in [-0.2, 0) is 6.42 Å². The summed E-state index contributed by atoms with van der Waals surface area (Å²) in [6.45, 7) is 5.33. The van der Waals surface area contributed by atoms with Crippen LogP contribution in [0, 0.1) is 5.92 Å². The number of hydrogen-bond donors (Lipinski definition) is 1. The molecule has 1 aromatic rings. The van der Waals surface area contributed by atoms with Crippen LogP contribution < -0.4 is 5.32 Å². The van der Waals surface area contributed by atoms with Gasteiger partial charge in [-0.2, -0.15) is 0 Å². The number of benzene rings is 1. The minimum absolute atomic E-state index is 0.280. The van der Waals surface area contributed by atoms with Crippen LogP contribution in [0.25, 0.3) is 0 Å². The van der Waals surface area contributed by atoms with Gasteiger partial charge in [0.05, 0.1) is 0 Å². The molecule has 0 saturated carbocycles. The number of hydrogen-bond acceptors (Lipinski definition) is 2. The predicted molar refractivity (Wildman–Crippen MR) is 71.7 cm³/mol. The summed E-state index contributed by atoms with van der Waals surface area (Å²) in [6, 6.07) is 6.09. The molecule has 1 atom stereocenters. The lowest BCUT2D eigenvalue weighted by Gasteiger charge is -2.09. The third kappa shape index (κ3) is 2.87. The van der Waals surface area contributed by atoms with Gasteiger partial charge in [-0.15, -0.1) is 0 Å². The minimum Gasteiger partial charge on any atom is -0.384 e. The van der Waals surface area contributed by atoms with Gasteiger partial charge in [0.15, 0.2) is 5.78 Å². The van der Waals surface area contributed by atoms with E-state index in [4.69, 9.17) is 0 Å². The molecular weight excluding hydrogens is 210 g/mol. The Bertz CT molecular complexity index is 411. The Morgan fingerprint density at radius 3 is 3.06 bits per heavy atom. The van der Waals surface area contributed by atoms with Gasteiger partial charge < -0.3 is 5.32 Å². The molecule has 0 saturated heterocycles. The van der Waals surface area contributed by atoms with Crippen LogP contribution in [0.2, 0.25) is 0 Å². The van der Waals surface area contributed by atoms with E-state index in [2.05, 4.69) is 25.2 Å². The SMILES string of the molecule is CCCC(C)CC(=O)c1ccc2c(c1)NCC2. The molecule has 0 radical (unpaired) electrons. The van der Waals surface area contributed by atoms with E-state index in [1.165, 1.54) is 5.56 Å². The van der Waals surface area contributed by atoms with Crippen LogP contribution >= 0.6 is 0 Å². The van der Waals surface area contributed by atoms with Gasteiger partial charge in [0.2, 0.25) is 0 Å². The Balaban J connectivity index is 2.04. The van der Waals surface area contributed by atoms with Crippen molar-refractivity contribution >= 4 is 11.5 Å². The Morgan fingerprint density at radius 1 is 1.47 bits per heavy atom. The fourth-order valence-corrected chi connectivity index (χ4v) is 2.49. The van der Waals surface area contributed by atoms with Crippen molar-refractivity contribution in [2.75, 3.05) is 11.9 Å². The summed E-state index contributed by atoms with van der Waals surface area (Å²) in [6.07, 6.45) is 4.04. The van der Waals surface area contributed by atoms with Gasteiger partial charge in [-0.1, -0.05) is 38.8 Å². The van der Waals surface area contributed by atoms with Crippen LogP contribution in [0.15, 0.2) is 18.2 Å². The maximum Gasteiger partial charge on any atom is 0.163 e. The van der Waals surface area contributed by atoms with Crippen LogP contribution in [0.1, 0.15) is 49.0 Å². The zero-order valence-corrected chi connectivity index (χ0v) is 10.8. The van der Waals surface area contributed by atoms with Crippen molar-refractivity contribution in [3.63, 3.8) is 0 Å². The maximum atomic E-state index is 12.1. The molecule has 2 heteroatoms. The summed E-state index contributed by atoms with van der Waals surface area (Å²) in [5.74, 6) is 0.774. The zero-order valence-electron chi connectivity index (χ0n) is 10.8. The van der Waals surface area contributed by atoms with E-state index in [-0.39, 0.29) is 5.78 Å². The van der Waals surface area contributed by atoms with Gasteiger partial charge in [-0.05, 0) is 24.0 Å². The second-order valence-electron chi connectivity index (χ2n) is 5.07. The van der Waals surface area contributed by atoms with E-state index >= 15 is 0 Å². The summed E-state index contributed by atoms with van der Waals surface area (Å²) in [4.78, 5) is 12.1. The van der Waals surface area contributed by atoms with Gasteiger partial charge >= 0.3 is 0 Å². The van der Waals surface area contributed by atoms with Gasteiger partial charge in [0.1, 0.15) is 0 Å². The number of ketones is 1. The average molecular weight is 231 g/mol. The van der Waals surface area contributed by atoms with Crippen LogP contribution in [-0.4, -0.2) is 12.3 Å². The molecule has 2 rings (SSSR count). The first-order valence-corrected chi connectivity index (χ1v) is 6.60. The highest BCUT2D eigenvalue weighted by molar-refractivity contribution is 5.97. The highest BCUT2D eigenvalue weighted by atomic mass is 16.1. The van der Waals surface area contributed by atoms with Crippen LogP contribution in [0.3, 0.4) is 0 Å².